The maximum absolute atomic E-state index is 11.7. The molecule has 96 valence electrons. The Hall–Kier alpha value is -1.04. The summed E-state index contributed by atoms with van der Waals surface area (Å²) in [5.74, 6) is 1.05. The van der Waals surface area contributed by atoms with E-state index in [4.69, 9.17) is 5.26 Å². The van der Waals surface area contributed by atoms with Gasteiger partial charge in [0.05, 0.1) is 12.5 Å². The molecule has 0 atom stereocenters. The standard InChI is InChI=1S/C14H24N2O/c1-16(12-6-11-15)14(17)10-5-9-13-7-3-2-4-8-13/h13H,2-10,12H2,1H3. The number of carbonyl (C=O) groups excluding carboxylic acids is 1. The average molecular weight is 236 g/mol. The molecule has 0 aliphatic heterocycles. The summed E-state index contributed by atoms with van der Waals surface area (Å²) in [6.45, 7) is 0.568. The Morgan fingerprint density at radius 3 is 2.71 bits per heavy atom. The molecule has 0 heterocycles. The summed E-state index contributed by atoms with van der Waals surface area (Å²) >= 11 is 0. The van der Waals surface area contributed by atoms with Crippen molar-refractivity contribution in [3.63, 3.8) is 0 Å². The number of rotatable bonds is 6. The van der Waals surface area contributed by atoms with Crippen LogP contribution in [0.4, 0.5) is 0 Å². The van der Waals surface area contributed by atoms with E-state index in [2.05, 4.69) is 6.07 Å². The Bertz CT molecular complexity index is 264. The molecule has 0 spiro atoms. The fourth-order valence-electron chi connectivity index (χ4n) is 2.55. The molecule has 1 saturated carbocycles. The fourth-order valence-corrected chi connectivity index (χ4v) is 2.55. The van der Waals surface area contributed by atoms with Gasteiger partial charge in [-0.3, -0.25) is 4.79 Å². The molecule has 1 aliphatic rings. The SMILES string of the molecule is CN(CCC#N)C(=O)CCCC1CCCCC1. The van der Waals surface area contributed by atoms with Crippen molar-refractivity contribution >= 4 is 5.91 Å². The summed E-state index contributed by atoms with van der Waals surface area (Å²) in [5, 5.41) is 8.46. The summed E-state index contributed by atoms with van der Waals surface area (Å²) in [6.07, 6.45) is 10.2. The number of carbonyl (C=O) groups is 1. The molecular weight excluding hydrogens is 212 g/mol. The molecule has 3 nitrogen and oxygen atoms in total. The van der Waals surface area contributed by atoms with E-state index in [1.54, 1.807) is 11.9 Å². The molecule has 17 heavy (non-hydrogen) atoms. The molecule has 0 aromatic carbocycles. The van der Waals surface area contributed by atoms with Crippen molar-refractivity contribution in [1.29, 1.82) is 5.26 Å². The van der Waals surface area contributed by atoms with Crippen LogP contribution in [0.2, 0.25) is 0 Å². The highest BCUT2D eigenvalue weighted by Gasteiger charge is 2.14. The van der Waals surface area contributed by atoms with E-state index < -0.39 is 0 Å². The van der Waals surface area contributed by atoms with E-state index in [1.165, 1.54) is 38.5 Å². The second kappa shape index (κ2) is 8.11. The quantitative estimate of drug-likeness (QED) is 0.711. The average Bonchev–Trinajstić information content (AvgIpc) is 2.37. The van der Waals surface area contributed by atoms with Crippen molar-refractivity contribution in [3.8, 4) is 6.07 Å². The van der Waals surface area contributed by atoms with Crippen LogP contribution in [0, 0.1) is 17.2 Å². The molecule has 3 heteroatoms. The lowest BCUT2D eigenvalue weighted by molar-refractivity contribution is -0.130. The highest BCUT2D eigenvalue weighted by Crippen LogP contribution is 2.27. The van der Waals surface area contributed by atoms with E-state index in [1.807, 2.05) is 0 Å². The minimum absolute atomic E-state index is 0.191. The van der Waals surface area contributed by atoms with Crippen molar-refractivity contribution in [1.82, 2.24) is 4.90 Å². The maximum Gasteiger partial charge on any atom is 0.222 e. The number of nitriles is 1. The molecule has 1 fully saturated rings. The maximum atomic E-state index is 11.7. The summed E-state index contributed by atoms with van der Waals surface area (Å²) in [6, 6.07) is 2.07. The second-order valence-corrected chi connectivity index (χ2v) is 5.12. The molecule has 0 N–H and O–H groups in total. The second-order valence-electron chi connectivity index (χ2n) is 5.12. The minimum Gasteiger partial charge on any atom is -0.345 e. The molecule has 0 saturated heterocycles. The minimum atomic E-state index is 0.191. The van der Waals surface area contributed by atoms with Gasteiger partial charge in [0, 0.05) is 20.0 Å². The van der Waals surface area contributed by atoms with Crippen LogP contribution in [0.25, 0.3) is 0 Å². The first kappa shape index (κ1) is 14.0. The lowest BCUT2D eigenvalue weighted by atomic mass is 9.86. The summed E-state index contributed by atoms with van der Waals surface area (Å²) < 4.78 is 0. The summed E-state index contributed by atoms with van der Waals surface area (Å²) in [5.41, 5.74) is 0. The first-order valence-corrected chi connectivity index (χ1v) is 6.85. The van der Waals surface area contributed by atoms with E-state index >= 15 is 0 Å². The third kappa shape index (κ3) is 5.72. The monoisotopic (exact) mass is 236 g/mol. The molecular formula is C14H24N2O. The van der Waals surface area contributed by atoms with Gasteiger partial charge in [-0.15, -0.1) is 0 Å². The van der Waals surface area contributed by atoms with Gasteiger partial charge >= 0.3 is 0 Å². The van der Waals surface area contributed by atoms with E-state index in [0.717, 1.165) is 12.3 Å². The molecule has 0 unspecified atom stereocenters. The lowest BCUT2D eigenvalue weighted by Crippen LogP contribution is -2.27. The lowest BCUT2D eigenvalue weighted by Gasteiger charge is -2.21. The van der Waals surface area contributed by atoms with Crippen LogP contribution in [0.5, 0.6) is 0 Å². The van der Waals surface area contributed by atoms with Crippen molar-refractivity contribution in [2.45, 2.75) is 57.8 Å². The molecule has 0 bridgehead atoms. The highest BCUT2D eigenvalue weighted by molar-refractivity contribution is 5.75. The Balaban J connectivity index is 2.08. The van der Waals surface area contributed by atoms with E-state index in [9.17, 15) is 4.79 Å². The fraction of sp³-hybridized carbons (Fsp3) is 0.857. The predicted octanol–water partition coefficient (Wildman–Crippen LogP) is 3.11. The van der Waals surface area contributed by atoms with E-state index in [0.29, 0.717) is 19.4 Å². The zero-order valence-corrected chi connectivity index (χ0v) is 11.0. The van der Waals surface area contributed by atoms with Crippen LogP contribution in [-0.2, 0) is 4.79 Å². The van der Waals surface area contributed by atoms with Crippen LogP contribution in [0.15, 0.2) is 0 Å². The topological polar surface area (TPSA) is 44.1 Å². The largest absolute Gasteiger partial charge is 0.345 e. The van der Waals surface area contributed by atoms with Crippen molar-refractivity contribution in [2.75, 3.05) is 13.6 Å². The van der Waals surface area contributed by atoms with Gasteiger partial charge in [-0.05, 0) is 18.8 Å². The van der Waals surface area contributed by atoms with Crippen LogP contribution >= 0.6 is 0 Å². The van der Waals surface area contributed by atoms with Gasteiger partial charge in [0.25, 0.3) is 0 Å². The molecule has 1 rings (SSSR count). The van der Waals surface area contributed by atoms with Crippen molar-refractivity contribution in [2.24, 2.45) is 5.92 Å². The normalized spacial score (nSPS) is 16.5. The Kier molecular flexibility index (Phi) is 6.69. The van der Waals surface area contributed by atoms with Crippen LogP contribution < -0.4 is 0 Å². The summed E-state index contributed by atoms with van der Waals surface area (Å²) in [4.78, 5) is 13.4. The summed E-state index contributed by atoms with van der Waals surface area (Å²) in [7, 11) is 1.79. The van der Waals surface area contributed by atoms with Gasteiger partial charge in [0.2, 0.25) is 5.91 Å². The third-order valence-corrected chi connectivity index (χ3v) is 3.71. The molecule has 1 aliphatic carbocycles. The first-order valence-electron chi connectivity index (χ1n) is 6.85. The van der Waals surface area contributed by atoms with Crippen LogP contribution in [0.1, 0.15) is 57.8 Å². The van der Waals surface area contributed by atoms with Crippen LogP contribution in [0.3, 0.4) is 0 Å². The first-order chi connectivity index (χ1) is 8.24. The molecule has 0 radical (unpaired) electrons. The Labute approximate surface area is 105 Å². The van der Waals surface area contributed by atoms with Crippen molar-refractivity contribution < 1.29 is 4.79 Å². The Morgan fingerprint density at radius 2 is 2.06 bits per heavy atom. The smallest absolute Gasteiger partial charge is 0.222 e. The molecule has 0 aromatic heterocycles. The number of nitrogens with zero attached hydrogens (tertiary/aromatic N) is 2. The zero-order chi connectivity index (χ0) is 12.5. The van der Waals surface area contributed by atoms with Gasteiger partial charge in [0.15, 0.2) is 0 Å². The predicted molar refractivity (Wildman–Crippen MR) is 68.3 cm³/mol. The molecule has 1 amide bonds. The van der Waals surface area contributed by atoms with Gasteiger partial charge < -0.3 is 4.90 Å². The third-order valence-electron chi connectivity index (χ3n) is 3.71. The van der Waals surface area contributed by atoms with Gasteiger partial charge in [-0.25, -0.2) is 0 Å². The molecule has 0 aromatic rings. The zero-order valence-electron chi connectivity index (χ0n) is 11.0. The van der Waals surface area contributed by atoms with Gasteiger partial charge in [0.1, 0.15) is 0 Å². The number of hydrogen-bond donors (Lipinski definition) is 0. The van der Waals surface area contributed by atoms with Gasteiger partial charge in [-0.1, -0.05) is 32.1 Å². The van der Waals surface area contributed by atoms with Gasteiger partial charge in [-0.2, -0.15) is 5.26 Å². The van der Waals surface area contributed by atoms with Crippen molar-refractivity contribution in [3.05, 3.63) is 0 Å². The van der Waals surface area contributed by atoms with Crippen LogP contribution in [-0.4, -0.2) is 24.4 Å². The number of hydrogen-bond acceptors (Lipinski definition) is 2. The van der Waals surface area contributed by atoms with E-state index in [-0.39, 0.29) is 5.91 Å². The highest BCUT2D eigenvalue weighted by atomic mass is 16.2. The number of amides is 1. The Morgan fingerprint density at radius 1 is 1.35 bits per heavy atom.